The van der Waals surface area contributed by atoms with Crippen LogP contribution in [0.1, 0.15) is 22.3 Å². The molecule has 0 bridgehead atoms. The van der Waals surface area contributed by atoms with Gasteiger partial charge in [-0.15, -0.1) is 13.8 Å². The number of carboxylic acid groups (broad SMARTS) is 1. The first-order valence-electron chi connectivity index (χ1n) is 12.0. The summed E-state index contributed by atoms with van der Waals surface area (Å²) in [4.78, 5) is 41.7. The van der Waals surface area contributed by atoms with Gasteiger partial charge in [0.15, 0.2) is 11.3 Å². The number of hydrogen-bond acceptors (Lipinski definition) is 19. The van der Waals surface area contributed by atoms with E-state index in [0.717, 1.165) is 12.1 Å². The number of azo groups is 1. The normalized spacial score (nSPS) is 11.8. The minimum Gasteiger partial charge on any atom is -0.494 e. The summed E-state index contributed by atoms with van der Waals surface area (Å²) in [5, 5.41) is 51.6. The molecule has 0 aliphatic heterocycles. The highest BCUT2D eigenvalue weighted by Crippen LogP contribution is 2.34. The van der Waals surface area contributed by atoms with Crippen molar-refractivity contribution < 1.29 is 71.2 Å². The molecule has 0 aliphatic rings. The van der Waals surface area contributed by atoms with Crippen molar-refractivity contribution >= 4 is 68.9 Å². The van der Waals surface area contributed by atoms with E-state index in [1.54, 1.807) is 0 Å². The predicted octanol–water partition coefficient (Wildman–Crippen LogP) is 4.22. The van der Waals surface area contributed by atoms with Crippen LogP contribution >= 0.6 is 24.1 Å². The van der Waals surface area contributed by atoms with E-state index in [9.17, 15) is 32.5 Å². The van der Waals surface area contributed by atoms with Gasteiger partial charge >= 0.3 is 18.0 Å². The van der Waals surface area contributed by atoms with Gasteiger partial charge in [-0.05, 0) is 37.3 Å². The first-order chi connectivity index (χ1) is 21.8. The largest absolute Gasteiger partial charge is 0.494 e. The Bertz CT molecular complexity index is 1970. The summed E-state index contributed by atoms with van der Waals surface area (Å²) in [6.45, 7) is 0.610. The molecule has 0 fully saturated rings. The molecular formula is C23H18N4O16S3. The minimum absolute atomic E-state index is 0.108. The van der Waals surface area contributed by atoms with Crippen LogP contribution in [0.25, 0.3) is 11.1 Å². The average molecular weight is 703 g/mol. The van der Waals surface area contributed by atoms with Crippen LogP contribution in [0.5, 0.6) is 11.6 Å². The van der Waals surface area contributed by atoms with Gasteiger partial charge in [0.25, 0.3) is 15.7 Å². The van der Waals surface area contributed by atoms with Gasteiger partial charge in [-0.2, -0.15) is 13.4 Å². The number of aliphatic carboxylic acids is 1. The zero-order valence-electron chi connectivity index (χ0n) is 22.6. The van der Waals surface area contributed by atoms with Crippen LogP contribution in [0.4, 0.5) is 11.7 Å². The summed E-state index contributed by atoms with van der Waals surface area (Å²) in [6.07, 6.45) is -0.650. The zero-order valence-corrected chi connectivity index (χ0v) is 25.1. The third kappa shape index (κ3) is 8.23. The second-order valence-corrected chi connectivity index (χ2v) is 11.5. The standard InChI is InChI=1S/C23H18N4O16S3/c1-10-18(22(32)38-11-6-12(44-42-40-33)8-13(7-11)45-43-41-34)20(30)27(5-4-17(28)29)21(31)19(10)25-26-23-24-15-3-2-14(46(35,36)37)9-16(15)39-23/h2-3,6-9,30,33-34H,4-5H2,1H3,(H,28,29)(H,35,36,37). The Kier molecular flexibility index (Phi) is 11.1. The number of hydrogen-bond donors (Lipinski definition) is 5. The topological polar surface area (TPSA) is 288 Å². The number of esters is 1. The fourth-order valence-corrected chi connectivity index (χ4v) is 5.21. The molecule has 46 heavy (non-hydrogen) atoms. The second-order valence-electron chi connectivity index (χ2n) is 8.56. The predicted molar refractivity (Wildman–Crippen MR) is 150 cm³/mol. The van der Waals surface area contributed by atoms with Crippen molar-refractivity contribution in [3.8, 4) is 11.6 Å². The number of carbonyl (C=O) groups excluding carboxylic acids is 1. The summed E-state index contributed by atoms with van der Waals surface area (Å²) >= 11 is 0.930. The third-order valence-electron chi connectivity index (χ3n) is 5.68. The molecule has 0 unspecified atom stereocenters. The molecule has 4 aromatic rings. The minimum atomic E-state index is -4.56. The van der Waals surface area contributed by atoms with Gasteiger partial charge in [-0.25, -0.2) is 15.3 Å². The summed E-state index contributed by atoms with van der Waals surface area (Å²) in [6, 6.07) is 6.58. The van der Waals surface area contributed by atoms with Crippen molar-refractivity contribution in [3.63, 3.8) is 0 Å². The highest BCUT2D eigenvalue weighted by atomic mass is 32.2. The maximum atomic E-state index is 13.4. The van der Waals surface area contributed by atoms with E-state index < -0.39 is 68.6 Å². The monoisotopic (exact) mass is 702 g/mol. The van der Waals surface area contributed by atoms with Crippen LogP contribution in [-0.2, 0) is 40.2 Å². The van der Waals surface area contributed by atoms with Crippen LogP contribution in [-0.4, -0.2) is 55.2 Å². The number of oxazole rings is 1. The Labute approximate surface area is 263 Å². The Morgan fingerprint density at radius 1 is 1.04 bits per heavy atom. The number of ether oxygens (including phenoxy) is 1. The van der Waals surface area contributed by atoms with Gasteiger partial charge in [0.2, 0.25) is 5.88 Å². The lowest BCUT2D eigenvalue weighted by Crippen LogP contribution is -2.25. The Morgan fingerprint density at radius 3 is 2.28 bits per heavy atom. The molecule has 2 aromatic carbocycles. The second kappa shape index (κ2) is 14.8. The molecule has 0 saturated carbocycles. The van der Waals surface area contributed by atoms with Crippen LogP contribution in [0.15, 0.2) is 70.5 Å². The van der Waals surface area contributed by atoms with Gasteiger partial charge in [0.1, 0.15) is 16.8 Å². The molecule has 244 valence electrons. The van der Waals surface area contributed by atoms with E-state index >= 15 is 0 Å². The molecule has 4 rings (SSSR count). The number of carboxylic acids is 1. The number of rotatable bonds is 14. The molecule has 20 nitrogen and oxygen atoms in total. The summed E-state index contributed by atoms with van der Waals surface area (Å²) in [7, 11) is -4.56. The molecule has 0 radical (unpaired) electrons. The molecular weight excluding hydrogens is 684 g/mol. The van der Waals surface area contributed by atoms with Crippen molar-refractivity contribution in [2.45, 2.75) is 34.6 Å². The number of aromatic hydroxyl groups is 1. The van der Waals surface area contributed by atoms with Crippen molar-refractivity contribution in [2.75, 3.05) is 0 Å². The summed E-state index contributed by atoms with van der Waals surface area (Å²) < 4.78 is 52.1. The van der Waals surface area contributed by atoms with Crippen LogP contribution in [0.2, 0.25) is 0 Å². The lowest BCUT2D eigenvalue weighted by atomic mass is 10.1. The van der Waals surface area contributed by atoms with Gasteiger partial charge in [0.05, 0.1) is 35.4 Å². The maximum absolute atomic E-state index is 13.4. The van der Waals surface area contributed by atoms with E-state index in [-0.39, 0.29) is 32.2 Å². The molecule has 0 spiro atoms. The van der Waals surface area contributed by atoms with Crippen molar-refractivity contribution in [1.82, 2.24) is 9.55 Å². The first kappa shape index (κ1) is 34.4. The van der Waals surface area contributed by atoms with Crippen LogP contribution in [0, 0.1) is 6.92 Å². The number of pyridine rings is 1. The first-order valence-corrected chi connectivity index (χ1v) is 14.9. The Hall–Kier alpha value is -4.43. The number of nitrogens with zero attached hydrogens (tertiary/aromatic N) is 4. The van der Waals surface area contributed by atoms with Crippen molar-refractivity contribution in [2.24, 2.45) is 10.2 Å². The van der Waals surface area contributed by atoms with Gasteiger partial charge in [0, 0.05) is 28.0 Å². The summed E-state index contributed by atoms with van der Waals surface area (Å²) in [5.74, 6) is -3.77. The molecule has 2 heterocycles. The highest BCUT2D eigenvalue weighted by Gasteiger charge is 2.27. The maximum Gasteiger partial charge on any atom is 0.349 e. The third-order valence-corrected chi connectivity index (χ3v) is 7.64. The van der Waals surface area contributed by atoms with E-state index in [4.69, 9.17) is 24.8 Å². The van der Waals surface area contributed by atoms with Crippen molar-refractivity contribution in [3.05, 3.63) is 57.9 Å². The lowest BCUT2D eigenvalue weighted by molar-refractivity contribution is -0.432. The van der Waals surface area contributed by atoms with Crippen molar-refractivity contribution in [1.29, 1.82) is 0 Å². The Morgan fingerprint density at radius 2 is 1.70 bits per heavy atom. The van der Waals surface area contributed by atoms with Gasteiger partial charge in [-0.3, -0.25) is 18.7 Å². The number of fused-ring (bicyclic) bond motifs is 1. The van der Waals surface area contributed by atoms with Crippen LogP contribution < -0.4 is 10.3 Å². The van der Waals surface area contributed by atoms with Gasteiger partial charge in [-0.1, -0.05) is 15.2 Å². The molecule has 5 N–H and O–H groups in total. The number of benzene rings is 2. The fourth-order valence-electron chi connectivity index (χ4n) is 3.74. The molecule has 0 atom stereocenters. The van der Waals surface area contributed by atoms with E-state index in [0.29, 0.717) is 28.7 Å². The zero-order chi connectivity index (χ0) is 33.6. The van der Waals surface area contributed by atoms with Crippen LogP contribution in [0.3, 0.4) is 0 Å². The lowest BCUT2D eigenvalue weighted by Gasteiger charge is -2.15. The van der Waals surface area contributed by atoms with E-state index in [1.807, 2.05) is 0 Å². The highest BCUT2D eigenvalue weighted by molar-refractivity contribution is 7.95. The average Bonchev–Trinajstić information content (AvgIpc) is 3.40. The molecule has 0 amide bonds. The van der Waals surface area contributed by atoms with E-state index in [1.165, 1.54) is 31.2 Å². The molecule has 23 heteroatoms. The molecule has 0 aliphatic carbocycles. The number of carbonyl (C=O) groups is 2. The fraction of sp³-hybridized carbons (Fsp3) is 0.130. The van der Waals surface area contributed by atoms with E-state index in [2.05, 4.69) is 34.0 Å². The Balaban J connectivity index is 1.76. The number of aromatic nitrogens is 2. The van der Waals surface area contributed by atoms with Gasteiger partial charge < -0.3 is 19.4 Å². The molecule has 2 aromatic heterocycles. The SMILES string of the molecule is Cc1c(C(=O)Oc2cc(SOOO)cc(SOOO)c2)c(O)n(CCC(=O)O)c(=O)c1N=Nc1nc2ccc(S(=O)(=O)O)cc2o1. The molecule has 0 saturated heterocycles. The quantitative estimate of drug-likeness (QED) is 0.0234. The smallest absolute Gasteiger partial charge is 0.349 e. The summed E-state index contributed by atoms with van der Waals surface area (Å²) in [5.41, 5.74) is -2.50.